The summed E-state index contributed by atoms with van der Waals surface area (Å²) in [6.07, 6.45) is 1.51. The lowest BCUT2D eigenvalue weighted by atomic mass is 9.88. The number of aryl methyl sites for hydroxylation is 1. The van der Waals surface area contributed by atoms with Crippen molar-refractivity contribution in [1.82, 2.24) is 21.3 Å². The summed E-state index contributed by atoms with van der Waals surface area (Å²) in [6, 6.07) is 76.9. The number of hydrogen-bond acceptors (Lipinski definition) is 12. The molecule has 4 aliphatic heterocycles. The monoisotopic (exact) mass is 1810 g/mol. The molecule has 4 aliphatic rings. The second-order valence-electron chi connectivity index (χ2n) is 34.7. The van der Waals surface area contributed by atoms with Crippen LogP contribution in [0.1, 0.15) is 197 Å². The minimum atomic E-state index is -4.41. The predicted octanol–water partition coefficient (Wildman–Crippen LogP) is 23.4. The fourth-order valence-electron chi connectivity index (χ4n) is 18.3. The van der Waals surface area contributed by atoms with Crippen molar-refractivity contribution in [3.05, 3.63) is 324 Å². The zero-order chi connectivity index (χ0) is 96.5. The third-order valence-corrected chi connectivity index (χ3v) is 24.3. The Bertz CT molecular complexity index is 6200. The van der Waals surface area contributed by atoms with E-state index in [0.29, 0.717) is 35.5 Å². The van der Waals surface area contributed by atoms with Crippen LogP contribution in [0.5, 0.6) is 0 Å². The van der Waals surface area contributed by atoms with Gasteiger partial charge in [-0.2, -0.15) is 13.2 Å². The predicted molar refractivity (Wildman–Crippen MR) is 532 cm³/mol. The number of allylic oxidation sites excluding steroid dienone is 1. The number of fused-ring (bicyclic) bond motifs is 4. The van der Waals surface area contributed by atoms with Crippen molar-refractivity contribution < 1.29 is 55.9 Å². The summed E-state index contributed by atoms with van der Waals surface area (Å²) in [5.74, 6) is -0.745. The van der Waals surface area contributed by atoms with Gasteiger partial charge >= 0.3 is 6.18 Å². The van der Waals surface area contributed by atoms with E-state index in [2.05, 4.69) is 138 Å². The summed E-state index contributed by atoms with van der Waals surface area (Å²) >= 11 is 0. The van der Waals surface area contributed by atoms with Gasteiger partial charge in [0.15, 0.2) is 0 Å². The first-order valence-electron chi connectivity index (χ1n) is 45.2. The van der Waals surface area contributed by atoms with E-state index < -0.39 is 11.7 Å². The molecule has 0 saturated carbocycles. The molecule has 0 fully saturated rings. The van der Waals surface area contributed by atoms with Crippen LogP contribution in [-0.4, -0.2) is 78.0 Å². The van der Waals surface area contributed by atoms with Crippen LogP contribution in [0.15, 0.2) is 274 Å². The molecule has 11 aromatic carbocycles. The third kappa shape index (κ3) is 25.0. The van der Waals surface area contributed by atoms with Gasteiger partial charge < -0.3 is 62.1 Å². The van der Waals surface area contributed by atoms with Crippen LogP contribution in [0, 0.1) is 5.82 Å². The Labute approximate surface area is 782 Å². The first-order valence-corrected chi connectivity index (χ1v) is 45.2. The molecule has 0 bridgehead atoms. The van der Waals surface area contributed by atoms with E-state index >= 15 is 0 Å². The van der Waals surface area contributed by atoms with Crippen molar-refractivity contribution in [1.29, 1.82) is 0 Å². The highest BCUT2D eigenvalue weighted by Gasteiger charge is 2.38. The van der Waals surface area contributed by atoms with Gasteiger partial charge in [-0.1, -0.05) is 154 Å². The van der Waals surface area contributed by atoms with E-state index in [1.165, 1.54) is 64.4 Å². The number of carbonyl (C=O) groups is 8. The molecule has 694 valence electrons. The number of benzene rings is 11. The van der Waals surface area contributed by atoms with Crippen molar-refractivity contribution in [3.63, 3.8) is 0 Å². The minimum Gasteiger partial charge on any atom is -0.382 e. The number of nitrogens with zero attached hydrogens (tertiary/aromatic N) is 4. The van der Waals surface area contributed by atoms with Crippen LogP contribution in [0.3, 0.4) is 0 Å². The van der Waals surface area contributed by atoms with Crippen LogP contribution in [0.4, 0.5) is 63.1 Å². The van der Waals surface area contributed by atoms with E-state index in [9.17, 15) is 55.9 Å². The molecule has 8 atom stereocenters. The molecular formula is C110H118F4N12O8. The third-order valence-electron chi connectivity index (χ3n) is 24.3. The Kier molecular flexibility index (Phi) is 32.4. The zero-order valence-electron chi connectivity index (χ0n) is 78.1. The summed E-state index contributed by atoms with van der Waals surface area (Å²) in [5, 5.41) is 25.5. The van der Waals surface area contributed by atoms with Crippen LogP contribution in [0.25, 0.3) is 55.9 Å². The van der Waals surface area contributed by atoms with Crippen LogP contribution < -0.4 is 62.1 Å². The largest absolute Gasteiger partial charge is 0.416 e. The molecular weight excluding hydrogens is 1690 g/mol. The molecule has 0 saturated heterocycles. The standard InChI is InChI=1S/C29H28F3N3O2.C29H33N3O2.C28H28FN3O2.C24H29N3O2/c1-17-14-27(33-18(2)21-8-11-24(12-9-21)29(30,31)32)26-16-23(10-13-28(26)35(17)20(4)37)22-6-5-7-25(15-22)34-19(3)36;1-20-17-28(30-16-8-11-23-9-5-4-6-10-23)27-19-25(14-15-29(27)32(20)22(3)34)24-12-7-13-26(18-24)31-21(2)33;1-17-14-27(30-18(2)21-8-11-24(29)12-9-21)26-16-23(10-13-28(26)32(17)20(4)34)22-6-5-7-25(15-22)31-19(3)33;1-6-15(2)25-23-12-16(3)27(18(5)29)24-11-10-20(14-22(23)24)19-8-7-9-21(13-19)26-17(4)28/h5-13,15-17,27,33H,2,14H2,1,3-4H3,(H,34,36);4-7,9-10,12-15,18-20,28,30H,8,11,16-17H2,1-3H3,(H,31,33);5-13,15-17,27,30H,2,14H2,1,3-4H3,(H,31,33);7-11,13-14,16,23,25H,2,6,12H2,1,3-5H3,(H,26,28)/t17-,27+;20-,28+;17-,27+;16-,23+/m0000/s1. The van der Waals surface area contributed by atoms with Gasteiger partial charge in [-0.3, -0.25) is 38.4 Å². The summed E-state index contributed by atoms with van der Waals surface area (Å²) in [5.41, 5.74) is 22.6. The molecule has 8 amide bonds. The van der Waals surface area contributed by atoms with Gasteiger partial charge in [0.05, 0.1) is 23.7 Å². The van der Waals surface area contributed by atoms with Crippen molar-refractivity contribution in [3.8, 4) is 44.5 Å². The zero-order valence-corrected chi connectivity index (χ0v) is 78.1. The number of amides is 8. The lowest BCUT2D eigenvalue weighted by molar-refractivity contribution is -0.137. The average molecular weight is 1810 g/mol. The maximum absolute atomic E-state index is 13.4. The summed E-state index contributed by atoms with van der Waals surface area (Å²) < 4.78 is 52.3. The number of anilines is 8. The Morgan fingerprint density at radius 2 is 0.642 bits per heavy atom. The molecule has 20 nitrogen and oxygen atoms in total. The van der Waals surface area contributed by atoms with Crippen molar-refractivity contribution in [2.45, 2.75) is 189 Å². The SMILES string of the molecule is C=C(CC)N[C@@H]1C[C@H](C)N(C(C)=O)c2ccc(-c3cccc(NC(C)=O)c3)cc21.C=C(N[C@@H]1C[C@H](C)N(C(C)=O)c2ccc(-c3cccc(NC(C)=O)c3)cc21)c1ccc(C(F)(F)F)cc1.C=C(N[C@@H]1C[C@H](C)N(C(C)=O)c2ccc(-c3cccc(NC(C)=O)c3)cc21)c1ccc(F)cc1.CC(=O)Nc1cccc(-c2ccc3c(c2)[C@H](NCCCc2ccccc2)C[C@H](C)N3C(C)=O)c1. The van der Waals surface area contributed by atoms with Crippen LogP contribution in [0.2, 0.25) is 0 Å². The number of hydrogen-bond donors (Lipinski definition) is 8. The molecule has 4 heterocycles. The van der Waals surface area contributed by atoms with Crippen molar-refractivity contribution >= 4 is 104 Å². The second-order valence-corrected chi connectivity index (χ2v) is 34.7. The van der Waals surface area contributed by atoms with Crippen molar-refractivity contribution in [2.75, 3.05) is 47.4 Å². The first-order chi connectivity index (χ1) is 63.9. The minimum absolute atomic E-state index is 0.00235. The van der Waals surface area contributed by atoms with Crippen LogP contribution in [-0.2, 0) is 51.0 Å². The Balaban J connectivity index is 0.000000161. The van der Waals surface area contributed by atoms with E-state index in [0.717, 1.165) is 169 Å². The Hall–Kier alpha value is -14.5. The lowest BCUT2D eigenvalue weighted by Gasteiger charge is -2.40. The summed E-state index contributed by atoms with van der Waals surface area (Å²) in [4.78, 5) is 103. The molecule has 0 radical (unpaired) electrons. The fourth-order valence-corrected chi connectivity index (χ4v) is 18.3. The molecule has 0 unspecified atom stereocenters. The molecule has 0 aliphatic carbocycles. The first kappa shape index (κ1) is 98.5. The second kappa shape index (κ2) is 44.1. The number of carbonyl (C=O) groups excluding carboxylic acids is 8. The maximum atomic E-state index is 13.4. The van der Waals surface area contributed by atoms with Gasteiger partial charge in [0.25, 0.3) is 0 Å². The highest BCUT2D eigenvalue weighted by atomic mass is 19.4. The van der Waals surface area contributed by atoms with E-state index in [-0.39, 0.29) is 101 Å². The van der Waals surface area contributed by atoms with E-state index in [1.54, 1.807) is 43.9 Å². The summed E-state index contributed by atoms with van der Waals surface area (Å²) in [7, 11) is 0. The summed E-state index contributed by atoms with van der Waals surface area (Å²) in [6.45, 7) is 35.8. The van der Waals surface area contributed by atoms with Gasteiger partial charge in [-0.05, 0) is 284 Å². The van der Waals surface area contributed by atoms with E-state index in [1.807, 2.05) is 168 Å². The van der Waals surface area contributed by atoms with Crippen LogP contribution >= 0.6 is 0 Å². The van der Waals surface area contributed by atoms with Gasteiger partial charge in [0.2, 0.25) is 47.3 Å². The topological polar surface area (TPSA) is 246 Å². The number of nitrogens with one attached hydrogen (secondary N) is 8. The number of alkyl halides is 3. The maximum Gasteiger partial charge on any atom is 0.416 e. The molecule has 0 spiro atoms. The highest BCUT2D eigenvalue weighted by Crippen LogP contribution is 2.47. The molecule has 24 heteroatoms. The van der Waals surface area contributed by atoms with E-state index in [4.69, 9.17) is 0 Å². The molecule has 11 aromatic rings. The number of rotatable bonds is 22. The highest BCUT2D eigenvalue weighted by molar-refractivity contribution is 5.99. The average Bonchev–Trinajstić information content (AvgIpc) is 0.783. The molecule has 0 aromatic heterocycles. The fraction of sp³-hybridized carbons (Fsp3) is 0.273. The lowest BCUT2D eigenvalue weighted by Crippen LogP contribution is -2.44. The smallest absolute Gasteiger partial charge is 0.382 e. The molecule has 15 rings (SSSR count). The Morgan fingerprint density at radius 1 is 0.351 bits per heavy atom. The molecule has 8 N–H and O–H groups in total. The van der Waals surface area contributed by atoms with Gasteiger partial charge in [0.1, 0.15) is 5.82 Å². The van der Waals surface area contributed by atoms with Gasteiger partial charge in [-0.25, -0.2) is 4.39 Å². The Morgan fingerprint density at radius 3 is 0.940 bits per heavy atom. The van der Waals surface area contributed by atoms with Gasteiger partial charge in [-0.15, -0.1) is 0 Å². The quantitative estimate of drug-likeness (QED) is 0.0233. The van der Waals surface area contributed by atoms with Crippen molar-refractivity contribution in [2.24, 2.45) is 0 Å². The van der Waals surface area contributed by atoms with Gasteiger partial charge in [0, 0.05) is 148 Å². The molecule has 134 heavy (non-hydrogen) atoms. The number of halogens is 4. The normalized spacial score (nSPS) is 17.3.